The Morgan fingerprint density at radius 2 is 1.62 bits per heavy atom. The molecule has 4 heteroatoms. The number of fused-ring (bicyclic) bond motifs is 2. The van der Waals surface area contributed by atoms with Gasteiger partial charge in [-0.15, -0.1) is 0 Å². The molecule has 0 radical (unpaired) electrons. The van der Waals surface area contributed by atoms with Crippen LogP contribution in [0.1, 0.15) is 11.1 Å². The van der Waals surface area contributed by atoms with Gasteiger partial charge >= 0.3 is 0 Å². The molecule has 0 fully saturated rings. The van der Waals surface area contributed by atoms with E-state index in [0.717, 1.165) is 11.1 Å². The van der Waals surface area contributed by atoms with Gasteiger partial charge < -0.3 is 11.5 Å². The highest BCUT2D eigenvalue weighted by atomic mass is 33.1. The Kier molecular flexibility index (Phi) is 4.14. The summed E-state index contributed by atoms with van der Waals surface area (Å²) in [6.07, 6.45) is 4.06. The topological polar surface area (TPSA) is 52.0 Å². The van der Waals surface area contributed by atoms with Crippen molar-refractivity contribution in [3.63, 3.8) is 0 Å². The van der Waals surface area contributed by atoms with Crippen LogP contribution >= 0.6 is 21.6 Å². The zero-order valence-electron chi connectivity index (χ0n) is 13.1. The van der Waals surface area contributed by atoms with Crippen molar-refractivity contribution >= 4 is 38.4 Å². The summed E-state index contributed by atoms with van der Waals surface area (Å²) >= 11 is 0. The minimum Gasteiger partial charge on any atom is -0.322 e. The Hall–Kier alpha value is -1.72. The first-order chi connectivity index (χ1) is 11.7. The second-order valence-electron chi connectivity index (χ2n) is 5.94. The van der Waals surface area contributed by atoms with Crippen molar-refractivity contribution in [2.45, 2.75) is 15.8 Å². The summed E-state index contributed by atoms with van der Waals surface area (Å²) in [5, 5.41) is 2.49. The third-order valence-corrected chi connectivity index (χ3v) is 7.31. The Morgan fingerprint density at radius 3 is 2.50 bits per heavy atom. The van der Waals surface area contributed by atoms with E-state index >= 15 is 0 Å². The molecular weight excluding hydrogens is 332 g/mol. The van der Waals surface area contributed by atoms with Crippen LogP contribution in [-0.2, 0) is 4.87 Å². The zero-order valence-corrected chi connectivity index (χ0v) is 14.7. The highest BCUT2D eigenvalue weighted by molar-refractivity contribution is 8.77. The summed E-state index contributed by atoms with van der Waals surface area (Å²) in [5.74, 6) is 0. The summed E-state index contributed by atoms with van der Waals surface area (Å²) in [5.41, 5.74) is 15.3. The molecule has 1 aliphatic rings. The van der Waals surface area contributed by atoms with Crippen molar-refractivity contribution in [2.75, 3.05) is 0 Å². The SMILES string of the molecule is NC1C=Cc2ccccc2C1(N)SSc1ccc2ccccc2c1. The largest absolute Gasteiger partial charge is 0.322 e. The normalized spacial score (nSPS) is 22.5. The predicted molar refractivity (Wildman–Crippen MR) is 107 cm³/mol. The molecule has 24 heavy (non-hydrogen) atoms. The summed E-state index contributed by atoms with van der Waals surface area (Å²) < 4.78 is 0. The summed E-state index contributed by atoms with van der Waals surface area (Å²) in [7, 11) is 3.32. The first kappa shape index (κ1) is 15.8. The second-order valence-corrected chi connectivity index (χ2v) is 8.42. The van der Waals surface area contributed by atoms with Gasteiger partial charge in [-0.05, 0) is 34.0 Å². The molecule has 2 atom stereocenters. The van der Waals surface area contributed by atoms with Crippen LogP contribution in [0.2, 0.25) is 0 Å². The quantitative estimate of drug-likeness (QED) is 0.529. The third-order valence-electron chi connectivity index (χ3n) is 4.36. The van der Waals surface area contributed by atoms with Gasteiger partial charge in [-0.2, -0.15) is 0 Å². The van der Waals surface area contributed by atoms with Gasteiger partial charge in [-0.25, -0.2) is 0 Å². The molecule has 0 aliphatic heterocycles. The van der Waals surface area contributed by atoms with Crippen molar-refractivity contribution in [3.8, 4) is 0 Å². The molecule has 3 aromatic carbocycles. The van der Waals surface area contributed by atoms with Crippen molar-refractivity contribution in [3.05, 3.63) is 83.9 Å². The van der Waals surface area contributed by atoms with Gasteiger partial charge in [0.25, 0.3) is 0 Å². The van der Waals surface area contributed by atoms with E-state index in [2.05, 4.69) is 60.7 Å². The van der Waals surface area contributed by atoms with Crippen LogP contribution in [0, 0.1) is 0 Å². The monoisotopic (exact) mass is 350 g/mol. The first-order valence-electron chi connectivity index (χ1n) is 7.83. The van der Waals surface area contributed by atoms with Gasteiger partial charge in [0.05, 0.1) is 6.04 Å². The molecule has 3 aromatic rings. The van der Waals surface area contributed by atoms with E-state index < -0.39 is 4.87 Å². The molecule has 4 N–H and O–H groups in total. The maximum atomic E-state index is 6.74. The van der Waals surface area contributed by atoms with E-state index in [1.807, 2.05) is 18.2 Å². The molecule has 1 aliphatic carbocycles. The molecular formula is C20H18N2S2. The maximum Gasteiger partial charge on any atom is 0.118 e. The van der Waals surface area contributed by atoms with Crippen LogP contribution in [0.5, 0.6) is 0 Å². The Bertz CT molecular complexity index is 922. The Labute approximate surface area is 149 Å². The van der Waals surface area contributed by atoms with E-state index in [1.165, 1.54) is 15.7 Å². The molecule has 4 rings (SSSR count). The van der Waals surface area contributed by atoms with Crippen LogP contribution in [0.25, 0.3) is 16.8 Å². The average molecular weight is 351 g/mol. The molecule has 0 bridgehead atoms. The molecule has 120 valence electrons. The molecule has 0 spiro atoms. The van der Waals surface area contributed by atoms with Gasteiger partial charge in [0.15, 0.2) is 0 Å². The van der Waals surface area contributed by atoms with Gasteiger partial charge in [0.1, 0.15) is 4.87 Å². The van der Waals surface area contributed by atoms with Crippen LogP contribution in [0.4, 0.5) is 0 Å². The maximum absolute atomic E-state index is 6.74. The smallest absolute Gasteiger partial charge is 0.118 e. The molecule has 0 saturated carbocycles. The fraction of sp³-hybridized carbons (Fsp3) is 0.100. The van der Waals surface area contributed by atoms with Crippen molar-refractivity contribution in [2.24, 2.45) is 11.5 Å². The van der Waals surface area contributed by atoms with Crippen LogP contribution in [-0.4, -0.2) is 6.04 Å². The lowest BCUT2D eigenvalue weighted by Crippen LogP contribution is -2.50. The number of nitrogens with two attached hydrogens (primary N) is 2. The summed E-state index contributed by atoms with van der Waals surface area (Å²) in [6.45, 7) is 0. The minimum atomic E-state index is -0.637. The summed E-state index contributed by atoms with van der Waals surface area (Å²) in [6, 6.07) is 22.9. The van der Waals surface area contributed by atoms with E-state index in [9.17, 15) is 0 Å². The van der Waals surface area contributed by atoms with E-state index in [4.69, 9.17) is 11.5 Å². The second kappa shape index (κ2) is 6.30. The lowest BCUT2D eigenvalue weighted by Gasteiger charge is -2.36. The highest BCUT2D eigenvalue weighted by Crippen LogP contribution is 2.48. The van der Waals surface area contributed by atoms with Crippen LogP contribution in [0.15, 0.2) is 77.7 Å². The Balaban J connectivity index is 1.63. The lowest BCUT2D eigenvalue weighted by molar-refractivity contribution is 0.575. The molecule has 0 aromatic heterocycles. The van der Waals surface area contributed by atoms with Gasteiger partial charge in [-0.1, -0.05) is 88.3 Å². The van der Waals surface area contributed by atoms with Crippen molar-refractivity contribution < 1.29 is 0 Å². The first-order valence-corrected chi connectivity index (χ1v) is 9.98. The number of benzene rings is 3. The highest BCUT2D eigenvalue weighted by Gasteiger charge is 2.38. The van der Waals surface area contributed by atoms with Gasteiger partial charge in [0.2, 0.25) is 0 Å². The number of rotatable bonds is 3. The van der Waals surface area contributed by atoms with Gasteiger partial charge in [0, 0.05) is 4.90 Å². The zero-order chi connectivity index (χ0) is 16.6. The molecule has 2 nitrogen and oxygen atoms in total. The Morgan fingerprint density at radius 1 is 0.875 bits per heavy atom. The summed E-state index contributed by atoms with van der Waals surface area (Å²) in [4.78, 5) is 0.546. The fourth-order valence-electron chi connectivity index (χ4n) is 2.96. The minimum absolute atomic E-state index is 0.217. The number of hydrogen-bond donors (Lipinski definition) is 2. The van der Waals surface area contributed by atoms with E-state index in [0.29, 0.717) is 0 Å². The lowest BCUT2D eigenvalue weighted by atomic mass is 9.90. The molecule has 0 heterocycles. The standard InChI is InChI=1S/C20H18N2S2/c21-19-12-10-15-6-3-4-8-18(15)20(19,22)24-23-17-11-9-14-5-1-2-7-16(14)13-17/h1-13,19H,21-22H2. The van der Waals surface area contributed by atoms with E-state index in [-0.39, 0.29) is 6.04 Å². The van der Waals surface area contributed by atoms with Crippen LogP contribution in [0.3, 0.4) is 0 Å². The number of hydrogen-bond acceptors (Lipinski definition) is 4. The van der Waals surface area contributed by atoms with Crippen molar-refractivity contribution in [1.29, 1.82) is 0 Å². The fourth-order valence-corrected chi connectivity index (χ4v) is 5.58. The third kappa shape index (κ3) is 2.76. The predicted octanol–water partition coefficient (Wildman–Crippen LogP) is 4.75. The molecule has 0 saturated heterocycles. The van der Waals surface area contributed by atoms with Crippen LogP contribution < -0.4 is 11.5 Å². The van der Waals surface area contributed by atoms with E-state index in [1.54, 1.807) is 21.6 Å². The van der Waals surface area contributed by atoms with Gasteiger partial charge in [-0.3, -0.25) is 0 Å². The van der Waals surface area contributed by atoms with Crippen molar-refractivity contribution in [1.82, 2.24) is 0 Å². The molecule has 2 unspecified atom stereocenters. The average Bonchev–Trinajstić information content (AvgIpc) is 2.63. The molecule has 0 amide bonds.